The predicted octanol–water partition coefficient (Wildman–Crippen LogP) is 0.186. The molecule has 0 spiro atoms. The van der Waals surface area contributed by atoms with Crippen LogP contribution in [-0.2, 0) is 14.8 Å². The topological polar surface area (TPSA) is 101 Å². The third-order valence-electron chi connectivity index (χ3n) is 3.11. The van der Waals surface area contributed by atoms with E-state index in [-0.39, 0.29) is 28.4 Å². The number of amides is 1. The highest BCUT2D eigenvalue weighted by Crippen LogP contribution is 2.18. The first-order chi connectivity index (χ1) is 9.79. The van der Waals surface area contributed by atoms with Gasteiger partial charge >= 0.3 is 0 Å². The van der Waals surface area contributed by atoms with Gasteiger partial charge in [0.2, 0.25) is 15.9 Å². The molecule has 6 nitrogen and oxygen atoms in total. The molecule has 1 aromatic rings. The van der Waals surface area contributed by atoms with Gasteiger partial charge < -0.3 is 11.1 Å². The molecule has 1 fully saturated rings. The molecule has 0 saturated heterocycles. The molecule has 0 unspecified atom stereocenters. The number of rotatable bonds is 6. The number of hydrogen-bond donors (Lipinski definition) is 3. The third kappa shape index (κ3) is 4.23. The molecule has 0 atom stereocenters. The van der Waals surface area contributed by atoms with E-state index >= 15 is 0 Å². The zero-order valence-electron chi connectivity index (χ0n) is 11.5. The van der Waals surface area contributed by atoms with Gasteiger partial charge in [-0.25, -0.2) is 13.1 Å². The molecule has 2 rings (SSSR count). The van der Waals surface area contributed by atoms with Crippen molar-refractivity contribution in [3.63, 3.8) is 0 Å². The van der Waals surface area contributed by atoms with Gasteiger partial charge in [-0.3, -0.25) is 4.79 Å². The predicted molar refractivity (Wildman–Crippen MR) is 83.4 cm³/mol. The maximum Gasteiger partial charge on any atom is 0.241 e. The summed E-state index contributed by atoms with van der Waals surface area (Å²) in [7, 11) is -3.74. The molecular weight excluding hydrogens is 310 g/mol. The monoisotopic (exact) mass is 327 g/mol. The first-order valence-corrected chi connectivity index (χ1v) is 8.38. The second-order valence-electron chi connectivity index (χ2n) is 5.01. The van der Waals surface area contributed by atoms with Gasteiger partial charge in [-0.2, -0.15) is 0 Å². The Bertz CT molecular complexity index is 682. The molecule has 1 amide bonds. The summed E-state index contributed by atoms with van der Waals surface area (Å²) in [6.07, 6.45) is 1.91. The largest absolute Gasteiger partial charge is 0.389 e. The van der Waals surface area contributed by atoms with Crippen LogP contribution < -0.4 is 15.8 Å². The van der Waals surface area contributed by atoms with Crippen molar-refractivity contribution < 1.29 is 13.2 Å². The van der Waals surface area contributed by atoms with E-state index in [1.807, 2.05) is 0 Å². The summed E-state index contributed by atoms with van der Waals surface area (Å²) in [6, 6.07) is 4.80. The van der Waals surface area contributed by atoms with E-state index in [1.54, 1.807) is 19.1 Å². The number of thiocarbonyl (C=S) groups is 1. The Labute approximate surface area is 129 Å². The van der Waals surface area contributed by atoms with Crippen LogP contribution in [0.3, 0.4) is 0 Å². The molecule has 21 heavy (non-hydrogen) atoms. The van der Waals surface area contributed by atoms with Gasteiger partial charge in [0, 0.05) is 11.6 Å². The lowest BCUT2D eigenvalue weighted by Gasteiger charge is -2.10. The maximum atomic E-state index is 12.2. The molecule has 1 saturated carbocycles. The summed E-state index contributed by atoms with van der Waals surface area (Å²) in [6.45, 7) is 1.38. The Balaban J connectivity index is 2.07. The summed E-state index contributed by atoms with van der Waals surface area (Å²) in [5.41, 5.74) is 6.63. The van der Waals surface area contributed by atoms with Gasteiger partial charge in [-0.05, 0) is 37.5 Å². The van der Waals surface area contributed by atoms with Crippen LogP contribution in [0.1, 0.15) is 24.0 Å². The van der Waals surface area contributed by atoms with Crippen LogP contribution in [-0.4, -0.2) is 31.9 Å². The highest BCUT2D eigenvalue weighted by atomic mass is 32.2. The Morgan fingerprint density at radius 3 is 2.62 bits per heavy atom. The highest BCUT2D eigenvalue weighted by molar-refractivity contribution is 7.89. The van der Waals surface area contributed by atoms with E-state index in [0.29, 0.717) is 11.1 Å². The second kappa shape index (κ2) is 6.08. The fourth-order valence-corrected chi connectivity index (χ4v) is 3.18. The van der Waals surface area contributed by atoms with E-state index < -0.39 is 10.0 Å². The molecular formula is C13H17N3O3S2. The number of nitrogens with two attached hydrogens (primary N) is 1. The molecule has 1 aliphatic rings. The number of carbonyl (C=O) groups is 1. The first-order valence-electron chi connectivity index (χ1n) is 6.49. The van der Waals surface area contributed by atoms with Gasteiger partial charge in [0.25, 0.3) is 0 Å². The van der Waals surface area contributed by atoms with Gasteiger partial charge in [0.15, 0.2) is 0 Å². The van der Waals surface area contributed by atoms with Gasteiger partial charge in [0.05, 0.1) is 11.4 Å². The fourth-order valence-electron chi connectivity index (χ4n) is 1.85. The third-order valence-corrected chi connectivity index (χ3v) is 4.91. The van der Waals surface area contributed by atoms with Crippen LogP contribution in [0.4, 0.5) is 0 Å². The Hall–Kier alpha value is -1.51. The van der Waals surface area contributed by atoms with E-state index in [1.165, 1.54) is 6.07 Å². The van der Waals surface area contributed by atoms with Crippen LogP contribution in [0, 0.1) is 6.92 Å². The van der Waals surface area contributed by atoms with Gasteiger partial charge in [-0.1, -0.05) is 18.3 Å². The SMILES string of the molecule is Cc1cc(C(N)=S)ccc1S(=O)(=O)NCC(=O)NC1CC1. The average Bonchev–Trinajstić information content (AvgIpc) is 3.20. The molecule has 0 heterocycles. The van der Waals surface area contributed by atoms with Crippen LogP contribution in [0.25, 0.3) is 0 Å². The summed E-state index contributed by atoms with van der Waals surface area (Å²) in [5, 5.41) is 2.72. The Morgan fingerprint density at radius 2 is 2.10 bits per heavy atom. The maximum absolute atomic E-state index is 12.2. The molecule has 0 aliphatic heterocycles. The van der Waals surface area contributed by atoms with Gasteiger partial charge in [0.1, 0.15) is 4.99 Å². The van der Waals surface area contributed by atoms with E-state index in [2.05, 4.69) is 10.0 Å². The lowest BCUT2D eigenvalue weighted by molar-refractivity contribution is -0.120. The number of carbonyl (C=O) groups excluding carboxylic acids is 1. The molecule has 114 valence electrons. The van der Waals surface area contributed by atoms with E-state index in [4.69, 9.17) is 18.0 Å². The fraction of sp³-hybridized carbons (Fsp3) is 0.385. The van der Waals surface area contributed by atoms with Crippen molar-refractivity contribution >= 4 is 33.1 Å². The minimum Gasteiger partial charge on any atom is -0.389 e. The standard InChI is InChI=1S/C13H17N3O3S2/c1-8-6-9(13(14)20)2-5-11(8)21(18,19)15-7-12(17)16-10-3-4-10/h2,5-6,10,15H,3-4,7H2,1H3,(H2,14,20)(H,16,17). The molecule has 4 N–H and O–H groups in total. The first kappa shape index (κ1) is 15.9. The van der Waals surface area contributed by atoms with Crippen LogP contribution >= 0.6 is 12.2 Å². The molecule has 8 heteroatoms. The molecule has 1 aromatic carbocycles. The van der Waals surface area contributed by atoms with Gasteiger partial charge in [-0.15, -0.1) is 0 Å². The van der Waals surface area contributed by atoms with Crippen molar-refractivity contribution in [3.8, 4) is 0 Å². The normalized spacial score (nSPS) is 14.7. The lowest BCUT2D eigenvalue weighted by atomic mass is 10.1. The molecule has 0 bridgehead atoms. The average molecular weight is 327 g/mol. The number of benzene rings is 1. The van der Waals surface area contributed by atoms with Crippen LogP contribution in [0.2, 0.25) is 0 Å². The summed E-state index contributed by atoms with van der Waals surface area (Å²) >= 11 is 4.85. The highest BCUT2D eigenvalue weighted by Gasteiger charge is 2.24. The Morgan fingerprint density at radius 1 is 1.43 bits per heavy atom. The summed E-state index contributed by atoms with van der Waals surface area (Å²) < 4.78 is 26.7. The van der Waals surface area contributed by atoms with Crippen LogP contribution in [0.15, 0.2) is 23.1 Å². The second-order valence-corrected chi connectivity index (χ2v) is 7.19. The number of nitrogens with one attached hydrogen (secondary N) is 2. The summed E-state index contributed by atoms with van der Waals surface area (Å²) in [4.78, 5) is 11.8. The van der Waals surface area contributed by atoms with Crippen molar-refractivity contribution in [2.24, 2.45) is 5.73 Å². The molecule has 1 aliphatic carbocycles. The Kier molecular flexibility index (Phi) is 4.60. The van der Waals surface area contributed by atoms with E-state index in [0.717, 1.165) is 12.8 Å². The number of hydrogen-bond acceptors (Lipinski definition) is 4. The van der Waals surface area contributed by atoms with Crippen molar-refractivity contribution in [2.75, 3.05) is 6.54 Å². The van der Waals surface area contributed by atoms with Crippen LogP contribution in [0.5, 0.6) is 0 Å². The minimum absolute atomic E-state index is 0.113. The van der Waals surface area contributed by atoms with Crippen molar-refractivity contribution in [1.29, 1.82) is 0 Å². The zero-order chi connectivity index (χ0) is 15.6. The quantitative estimate of drug-likeness (QED) is 0.647. The molecule has 0 aromatic heterocycles. The summed E-state index contributed by atoms with van der Waals surface area (Å²) in [5.74, 6) is -0.321. The minimum atomic E-state index is -3.74. The van der Waals surface area contributed by atoms with Crippen molar-refractivity contribution in [3.05, 3.63) is 29.3 Å². The zero-order valence-corrected chi connectivity index (χ0v) is 13.2. The van der Waals surface area contributed by atoms with E-state index in [9.17, 15) is 13.2 Å². The van der Waals surface area contributed by atoms with Crippen molar-refractivity contribution in [2.45, 2.75) is 30.7 Å². The van der Waals surface area contributed by atoms with Crippen molar-refractivity contribution in [1.82, 2.24) is 10.0 Å². The number of sulfonamides is 1. The lowest BCUT2D eigenvalue weighted by Crippen LogP contribution is -2.38. The molecule has 0 radical (unpaired) electrons. The smallest absolute Gasteiger partial charge is 0.241 e. The number of aryl methyl sites for hydroxylation is 1.